The van der Waals surface area contributed by atoms with Crippen molar-refractivity contribution < 1.29 is 29.3 Å². The molecule has 0 saturated heterocycles. The Morgan fingerprint density at radius 2 is 2.00 bits per heavy atom. The minimum Gasteiger partial charge on any atom is -0.481 e. The van der Waals surface area contributed by atoms with Crippen LogP contribution in [0, 0.1) is 12.8 Å². The Kier molecular flexibility index (Phi) is 6.95. The van der Waals surface area contributed by atoms with Gasteiger partial charge in [0.15, 0.2) is 0 Å². The van der Waals surface area contributed by atoms with E-state index in [0.717, 1.165) is 5.56 Å². The van der Waals surface area contributed by atoms with E-state index < -0.39 is 31.5 Å². The predicted molar refractivity (Wildman–Crippen MR) is 81.3 cm³/mol. The van der Waals surface area contributed by atoms with Crippen molar-refractivity contribution in [1.29, 1.82) is 0 Å². The quantitative estimate of drug-likeness (QED) is 0.512. The highest BCUT2D eigenvalue weighted by Gasteiger charge is 2.42. The molecule has 4 N–H and O–H groups in total. The molecule has 0 amide bonds. The number of anilines is 1. The summed E-state index contributed by atoms with van der Waals surface area (Å²) in [7, 11) is -2.76. The van der Waals surface area contributed by atoms with Crippen LogP contribution >= 0.6 is 8.03 Å². The molecule has 0 aliphatic carbocycles. The Balaban J connectivity index is 2.79. The minimum absolute atomic E-state index is 0.0221. The highest BCUT2D eigenvalue weighted by Crippen LogP contribution is 2.32. The molecule has 0 aromatic heterocycles. The second kappa shape index (κ2) is 8.46. The van der Waals surface area contributed by atoms with E-state index in [4.69, 9.17) is 5.11 Å². The third-order valence-electron chi connectivity index (χ3n) is 3.27. The number of aryl methyl sites for hydroxylation is 1. The first-order valence-corrected chi connectivity index (χ1v) is 7.99. The number of rotatable bonds is 9. The predicted octanol–water partition coefficient (Wildman–Crippen LogP) is 2.08. The maximum atomic E-state index is 11.5. The van der Waals surface area contributed by atoms with Crippen molar-refractivity contribution >= 4 is 25.7 Å². The first-order valence-electron chi connectivity index (χ1n) is 6.71. The molecule has 0 aliphatic heterocycles. The van der Waals surface area contributed by atoms with Crippen molar-refractivity contribution in [2.75, 3.05) is 11.9 Å². The normalized spacial score (nSPS) is 14.0. The zero-order chi connectivity index (χ0) is 16.7. The van der Waals surface area contributed by atoms with Gasteiger partial charge in [0.1, 0.15) is 5.92 Å². The van der Waals surface area contributed by atoms with Gasteiger partial charge in [-0.05, 0) is 35.6 Å². The van der Waals surface area contributed by atoms with Gasteiger partial charge in [0, 0.05) is 12.1 Å². The Morgan fingerprint density at radius 1 is 1.32 bits per heavy atom. The number of carboxylic acids is 2. The smallest absolute Gasteiger partial charge is 0.481 e. The fourth-order valence-electron chi connectivity index (χ4n) is 2.11. The van der Waals surface area contributed by atoms with Crippen LogP contribution in [0.4, 0.5) is 5.69 Å². The standard InChI is InChI=1S/C14H18NO6P/c1-9-3-2-4-10(7-9)15-8-12(22(20)21)11(14(18)19)5-6-13(16)17/h2-4,7,11-12,15H,5-6,8H2,1H3,(H2-,16,17,18,19,20,21)/p+1. The van der Waals surface area contributed by atoms with Crippen LogP contribution in [0.3, 0.4) is 0 Å². The molecule has 120 valence electrons. The van der Waals surface area contributed by atoms with E-state index in [9.17, 15) is 24.2 Å². The fourth-order valence-corrected chi connectivity index (χ4v) is 2.94. The van der Waals surface area contributed by atoms with Crippen LogP contribution in [0.25, 0.3) is 0 Å². The molecular formula is C14H19NO6P+. The van der Waals surface area contributed by atoms with Crippen molar-refractivity contribution in [2.45, 2.75) is 25.4 Å². The summed E-state index contributed by atoms with van der Waals surface area (Å²) in [6, 6.07) is 7.29. The molecule has 1 rings (SSSR count). The van der Waals surface area contributed by atoms with Gasteiger partial charge < -0.3 is 15.5 Å². The van der Waals surface area contributed by atoms with Gasteiger partial charge in [-0.2, -0.15) is 4.89 Å². The molecule has 0 bridgehead atoms. The van der Waals surface area contributed by atoms with Crippen LogP contribution in [0.1, 0.15) is 18.4 Å². The topological polar surface area (TPSA) is 124 Å². The number of benzene rings is 1. The molecule has 1 aromatic carbocycles. The molecule has 0 heterocycles. The van der Waals surface area contributed by atoms with E-state index >= 15 is 0 Å². The van der Waals surface area contributed by atoms with Crippen LogP contribution in [0.15, 0.2) is 24.3 Å². The lowest BCUT2D eigenvalue weighted by Gasteiger charge is -2.15. The number of carbonyl (C=O) groups is 2. The lowest BCUT2D eigenvalue weighted by molar-refractivity contribution is -0.142. The summed E-state index contributed by atoms with van der Waals surface area (Å²) in [4.78, 5) is 31.2. The van der Waals surface area contributed by atoms with Gasteiger partial charge in [0.2, 0.25) is 5.66 Å². The van der Waals surface area contributed by atoms with Crippen molar-refractivity contribution in [3.63, 3.8) is 0 Å². The molecule has 0 fully saturated rings. The first kappa shape index (κ1) is 18.1. The highest BCUT2D eigenvalue weighted by molar-refractivity contribution is 7.39. The maximum Gasteiger partial charge on any atom is 0.511 e. The lowest BCUT2D eigenvalue weighted by atomic mass is 9.99. The molecule has 3 atom stereocenters. The summed E-state index contributed by atoms with van der Waals surface area (Å²) in [6.07, 6.45) is -0.548. The van der Waals surface area contributed by atoms with E-state index in [1.54, 1.807) is 6.07 Å². The van der Waals surface area contributed by atoms with Crippen molar-refractivity contribution in [3.05, 3.63) is 29.8 Å². The number of aliphatic carboxylic acids is 2. The zero-order valence-electron chi connectivity index (χ0n) is 12.1. The maximum absolute atomic E-state index is 11.5. The Bertz CT molecular complexity index is 562. The lowest BCUT2D eigenvalue weighted by Crippen LogP contribution is -2.32. The third kappa shape index (κ3) is 5.79. The van der Waals surface area contributed by atoms with Crippen LogP contribution in [0.5, 0.6) is 0 Å². The van der Waals surface area contributed by atoms with E-state index in [1.807, 2.05) is 25.1 Å². The number of carboxylic acid groups (broad SMARTS) is 2. The molecular weight excluding hydrogens is 309 g/mol. The third-order valence-corrected chi connectivity index (χ3v) is 4.38. The molecule has 0 saturated carbocycles. The minimum atomic E-state index is -2.76. The average molecular weight is 328 g/mol. The van der Waals surface area contributed by atoms with E-state index in [2.05, 4.69) is 5.32 Å². The van der Waals surface area contributed by atoms with Gasteiger partial charge in [-0.25, -0.2) is 0 Å². The van der Waals surface area contributed by atoms with Gasteiger partial charge in [-0.3, -0.25) is 9.59 Å². The molecule has 7 nitrogen and oxygen atoms in total. The van der Waals surface area contributed by atoms with Crippen LogP contribution in [-0.4, -0.2) is 39.2 Å². The Morgan fingerprint density at radius 3 is 2.50 bits per heavy atom. The zero-order valence-corrected chi connectivity index (χ0v) is 13.0. The van der Waals surface area contributed by atoms with Crippen molar-refractivity contribution in [1.82, 2.24) is 0 Å². The first-order chi connectivity index (χ1) is 10.3. The van der Waals surface area contributed by atoms with Gasteiger partial charge in [0.25, 0.3) is 0 Å². The Labute approximate surface area is 128 Å². The summed E-state index contributed by atoms with van der Waals surface area (Å²) in [6.45, 7) is 1.87. The molecule has 22 heavy (non-hydrogen) atoms. The second-order valence-electron chi connectivity index (χ2n) is 5.00. The monoisotopic (exact) mass is 328 g/mol. The Hall–Kier alpha value is -1.98. The van der Waals surface area contributed by atoms with Crippen molar-refractivity contribution in [3.8, 4) is 0 Å². The number of hydrogen-bond acceptors (Lipinski definition) is 4. The van der Waals surface area contributed by atoms with E-state index in [0.29, 0.717) is 5.69 Å². The SMILES string of the molecule is Cc1cccc(NCC(C(CCC(=O)O)C(=O)O)[P+](=O)O)c1. The molecule has 8 heteroatoms. The molecule has 0 radical (unpaired) electrons. The summed E-state index contributed by atoms with van der Waals surface area (Å²) < 4.78 is 11.5. The summed E-state index contributed by atoms with van der Waals surface area (Å²) in [5.41, 5.74) is 0.646. The van der Waals surface area contributed by atoms with Crippen LogP contribution in [-0.2, 0) is 14.2 Å². The van der Waals surface area contributed by atoms with Gasteiger partial charge in [-0.1, -0.05) is 12.1 Å². The average Bonchev–Trinajstić information content (AvgIpc) is 2.41. The number of nitrogens with one attached hydrogen (secondary N) is 1. The molecule has 1 aromatic rings. The number of hydrogen-bond donors (Lipinski definition) is 4. The fraction of sp³-hybridized carbons (Fsp3) is 0.429. The van der Waals surface area contributed by atoms with Gasteiger partial charge >= 0.3 is 20.0 Å². The van der Waals surface area contributed by atoms with Crippen LogP contribution in [0.2, 0.25) is 0 Å². The second-order valence-corrected chi connectivity index (χ2v) is 6.27. The molecule has 0 spiro atoms. The summed E-state index contributed by atoms with van der Waals surface area (Å²) in [5, 5.41) is 20.8. The largest absolute Gasteiger partial charge is 0.511 e. The molecule has 0 aliphatic rings. The van der Waals surface area contributed by atoms with Crippen LogP contribution < -0.4 is 5.32 Å². The summed E-state index contributed by atoms with van der Waals surface area (Å²) >= 11 is 0. The van der Waals surface area contributed by atoms with Gasteiger partial charge in [-0.15, -0.1) is 0 Å². The highest BCUT2D eigenvalue weighted by atomic mass is 31.1. The van der Waals surface area contributed by atoms with Gasteiger partial charge in [0.05, 0.1) is 6.54 Å². The summed E-state index contributed by atoms with van der Waals surface area (Å²) in [5.74, 6) is -3.60. The van der Waals surface area contributed by atoms with E-state index in [1.165, 1.54) is 0 Å². The molecule has 3 unspecified atom stereocenters. The van der Waals surface area contributed by atoms with Crippen molar-refractivity contribution in [2.24, 2.45) is 5.92 Å². The van der Waals surface area contributed by atoms with E-state index in [-0.39, 0.29) is 19.4 Å².